The fourth-order valence-corrected chi connectivity index (χ4v) is 1.38. The number of non-ortho nitro benzene ring substituents is 1. The molecular weight excluding hydrogens is 222 g/mol. The molecule has 0 fully saturated rings. The molecule has 0 aromatic heterocycles. The van der Waals surface area contributed by atoms with Crippen LogP contribution in [0.2, 0.25) is 0 Å². The number of hydrogen-bond donors (Lipinski definition) is 0. The maximum atomic E-state index is 11.6. The van der Waals surface area contributed by atoms with Crippen molar-refractivity contribution in [1.29, 1.82) is 0 Å². The largest absolute Gasteiger partial charge is 0.463 e. The van der Waals surface area contributed by atoms with Crippen LogP contribution in [-0.2, 0) is 9.53 Å². The van der Waals surface area contributed by atoms with Crippen LogP contribution in [0, 0.1) is 10.1 Å². The molecule has 5 nitrogen and oxygen atoms in total. The molecule has 1 aromatic rings. The second kappa shape index (κ2) is 5.43. The van der Waals surface area contributed by atoms with Gasteiger partial charge in [0.25, 0.3) is 5.69 Å². The van der Waals surface area contributed by atoms with Crippen LogP contribution < -0.4 is 0 Å². The molecule has 5 heteroatoms. The Morgan fingerprint density at radius 2 is 2.00 bits per heavy atom. The minimum atomic E-state index is -0.503. The van der Waals surface area contributed by atoms with E-state index in [2.05, 4.69) is 0 Å². The second-order valence-corrected chi connectivity index (χ2v) is 4.06. The molecule has 0 radical (unpaired) electrons. The third-order valence-electron chi connectivity index (χ3n) is 2.29. The highest BCUT2D eigenvalue weighted by Crippen LogP contribution is 2.22. The van der Waals surface area contributed by atoms with Gasteiger partial charge >= 0.3 is 5.97 Å². The molecule has 0 N–H and O–H groups in total. The van der Waals surface area contributed by atoms with Crippen molar-refractivity contribution >= 4 is 11.7 Å². The summed E-state index contributed by atoms with van der Waals surface area (Å²) < 4.78 is 5.06. The molecule has 92 valence electrons. The number of esters is 1. The highest BCUT2D eigenvalue weighted by molar-refractivity contribution is 5.78. The van der Waals surface area contributed by atoms with Crippen molar-refractivity contribution in [3.63, 3.8) is 0 Å². The fourth-order valence-electron chi connectivity index (χ4n) is 1.38. The van der Waals surface area contributed by atoms with Gasteiger partial charge in [0.2, 0.25) is 0 Å². The Bertz CT molecular complexity index is 428. The van der Waals surface area contributed by atoms with Crippen LogP contribution in [0.4, 0.5) is 5.69 Å². The highest BCUT2D eigenvalue weighted by atomic mass is 16.6. The zero-order chi connectivity index (χ0) is 13.0. The van der Waals surface area contributed by atoms with Gasteiger partial charge in [-0.2, -0.15) is 0 Å². The van der Waals surface area contributed by atoms with Crippen LogP contribution in [0.3, 0.4) is 0 Å². The Morgan fingerprint density at radius 1 is 1.35 bits per heavy atom. The van der Waals surface area contributed by atoms with E-state index < -0.39 is 10.8 Å². The average Bonchev–Trinajstić information content (AvgIpc) is 2.27. The molecule has 1 rings (SSSR count). The third kappa shape index (κ3) is 3.55. The lowest BCUT2D eigenvalue weighted by molar-refractivity contribution is -0.384. The first-order valence-electron chi connectivity index (χ1n) is 5.36. The number of ether oxygens (including phenoxy) is 1. The number of benzene rings is 1. The van der Waals surface area contributed by atoms with E-state index in [1.54, 1.807) is 32.9 Å². The highest BCUT2D eigenvalue weighted by Gasteiger charge is 2.19. The number of nitro groups is 1. The molecule has 0 saturated heterocycles. The van der Waals surface area contributed by atoms with E-state index in [0.717, 1.165) is 0 Å². The first-order chi connectivity index (χ1) is 7.91. The Labute approximate surface area is 99.5 Å². The summed E-state index contributed by atoms with van der Waals surface area (Å²) in [5.41, 5.74) is 0.566. The second-order valence-electron chi connectivity index (χ2n) is 4.06. The standard InChI is InChI=1S/C12H15NO4/c1-8(2)17-12(14)9(3)10-5-4-6-11(7-10)13(15)16/h4-9H,1-3H3. The average molecular weight is 237 g/mol. The van der Waals surface area contributed by atoms with Crippen LogP contribution in [0.15, 0.2) is 24.3 Å². The number of carbonyl (C=O) groups excluding carboxylic acids is 1. The van der Waals surface area contributed by atoms with E-state index in [1.807, 2.05) is 0 Å². The monoisotopic (exact) mass is 237 g/mol. The number of carbonyl (C=O) groups is 1. The maximum Gasteiger partial charge on any atom is 0.313 e. The quantitative estimate of drug-likeness (QED) is 0.458. The summed E-state index contributed by atoms with van der Waals surface area (Å²) in [6.45, 7) is 5.19. The molecule has 0 bridgehead atoms. The van der Waals surface area contributed by atoms with Gasteiger partial charge in [-0.1, -0.05) is 12.1 Å². The summed E-state index contributed by atoms with van der Waals surface area (Å²) in [6, 6.07) is 6.03. The van der Waals surface area contributed by atoms with E-state index >= 15 is 0 Å². The first-order valence-corrected chi connectivity index (χ1v) is 5.36. The zero-order valence-electron chi connectivity index (χ0n) is 10.0. The van der Waals surface area contributed by atoms with Crippen LogP contribution in [-0.4, -0.2) is 17.0 Å². The molecule has 0 amide bonds. The Kier molecular flexibility index (Phi) is 4.20. The predicted molar refractivity (Wildman–Crippen MR) is 62.7 cm³/mol. The Balaban J connectivity index is 2.88. The third-order valence-corrected chi connectivity index (χ3v) is 2.29. The van der Waals surface area contributed by atoms with Crippen molar-refractivity contribution in [3.8, 4) is 0 Å². The molecule has 1 aromatic carbocycles. The predicted octanol–water partition coefficient (Wildman–Crippen LogP) is 2.65. The smallest absolute Gasteiger partial charge is 0.313 e. The summed E-state index contributed by atoms with van der Waals surface area (Å²) in [4.78, 5) is 21.8. The molecule has 0 saturated carbocycles. The van der Waals surface area contributed by atoms with E-state index in [1.165, 1.54) is 12.1 Å². The molecule has 1 unspecified atom stereocenters. The minimum Gasteiger partial charge on any atom is -0.463 e. The van der Waals surface area contributed by atoms with Gasteiger partial charge in [-0.05, 0) is 26.3 Å². The summed E-state index contributed by atoms with van der Waals surface area (Å²) in [5, 5.41) is 10.6. The number of rotatable bonds is 4. The van der Waals surface area contributed by atoms with Crippen molar-refractivity contribution in [2.45, 2.75) is 32.8 Å². The van der Waals surface area contributed by atoms with E-state index in [-0.39, 0.29) is 17.8 Å². The Morgan fingerprint density at radius 3 is 2.53 bits per heavy atom. The molecule has 17 heavy (non-hydrogen) atoms. The first kappa shape index (κ1) is 13.2. The van der Waals surface area contributed by atoms with Crippen LogP contribution in [0.1, 0.15) is 32.3 Å². The molecule has 1 atom stereocenters. The summed E-state index contributed by atoms with van der Waals surface area (Å²) in [5.74, 6) is -0.877. The van der Waals surface area contributed by atoms with Crippen LogP contribution >= 0.6 is 0 Å². The van der Waals surface area contributed by atoms with E-state index in [0.29, 0.717) is 5.56 Å². The summed E-state index contributed by atoms with van der Waals surface area (Å²) in [6.07, 6.45) is -0.191. The lowest BCUT2D eigenvalue weighted by Gasteiger charge is -2.13. The number of nitro benzene ring substituents is 1. The van der Waals surface area contributed by atoms with Gasteiger partial charge < -0.3 is 4.74 Å². The maximum absolute atomic E-state index is 11.6. The lowest BCUT2D eigenvalue weighted by atomic mass is 10.0. The van der Waals surface area contributed by atoms with Gasteiger partial charge in [-0.25, -0.2) is 0 Å². The van der Waals surface area contributed by atoms with Gasteiger partial charge in [-0.15, -0.1) is 0 Å². The van der Waals surface area contributed by atoms with Gasteiger partial charge in [0.05, 0.1) is 16.9 Å². The van der Waals surface area contributed by atoms with Crippen molar-refractivity contribution < 1.29 is 14.5 Å². The molecule has 0 aliphatic carbocycles. The summed E-state index contributed by atoms with van der Waals surface area (Å²) >= 11 is 0. The number of hydrogen-bond acceptors (Lipinski definition) is 4. The van der Waals surface area contributed by atoms with E-state index in [4.69, 9.17) is 4.74 Å². The van der Waals surface area contributed by atoms with Gasteiger partial charge in [0.1, 0.15) is 0 Å². The van der Waals surface area contributed by atoms with Crippen molar-refractivity contribution in [1.82, 2.24) is 0 Å². The minimum absolute atomic E-state index is 0.0216. The number of nitrogens with zero attached hydrogens (tertiary/aromatic N) is 1. The van der Waals surface area contributed by atoms with Crippen molar-refractivity contribution in [2.75, 3.05) is 0 Å². The van der Waals surface area contributed by atoms with Crippen LogP contribution in [0.5, 0.6) is 0 Å². The zero-order valence-corrected chi connectivity index (χ0v) is 10.0. The van der Waals surface area contributed by atoms with Crippen molar-refractivity contribution in [2.24, 2.45) is 0 Å². The van der Waals surface area contributed by atoms with Gasteiger partial charge in [-0.3, -0.25) is 14.9 Å². The van der Waals surface area contributed by atoms with E-state index in [9.17, 15) is 14.9 Å². The lowest BCUT2D eigenvalue weighted by Crippen LogP contribution is -2.17. The van der Waals surface area contributed by atoms with Gasteiger partial charge in [0, 0.05) is 12.1 Å². The summed E-state index contributed by atoms with van der Waals surface area (Å²) in [7, 11) is 0. The SMILES string of the molecule is CC(C)OC(=O)C(C)c1cccc([N+](=O)[O-])c1. The Hall–Kier alpha value is -1.91. The van der Waals surface area contributed by atoms with Crippen LogP contribution in [0.25, 0.3) is 0 Å². The molecule has 0 spiro atoms. The van der Waals surface area contributed by atoms with Gasteiger partial charge in [0.15, 0.2) is 0 Å². The topological polar surface area (TPSA) is 69.4 Å². The molecule has 0 aliphatic heterocycles. The normalized spacial score (nSPS) is 12.2. The molecular formula is C12H15NO4. The molecule has 0 heterocycles. The van der Waals surface area contributed by atoms with Crippen molar-refractivity contribution in [3.05, 3.63) is 39.9 Å². The fraction of sp³-hybridized carbons (Fsp3) is 0.417. The molecule has 0 aliphatic rings.